The van der Waals surface area contributed by atoms with Crippen molar-refractivity contribution in [3.8, 4) is 0 Å². The molecule has 8 nitrogen and oxygen atoms in total. The number of rotatable bonds is 5. The van der Waals surface area contributed by atoms with Gasteiger partial charge >= 0.3 is 0 Å². The number of likely N-dealkylation sites (tertiary alicyclic amines) is 1. The number of hydrogen-bond acceptors (Lipinski definition) is 7. The molecule has 0 amide bonds. The molecule has 140 valence electrons. The van der Waals surface area contributed by atoms with E-state index in [1.165, 1.54) is 18.5 Å². The van der Waals surface area contributed by atoms with Crippen LogP contribution in [-0.4, -0.2) is 40.9 Å². The maximum absolute atomic E-state index is 4.79. The zero-order valence-corrected chi connectivity index (χ0v) is 15.7. The van der Waals surface area contributed by atoms with E-state index in [4.69, 9.17) is 9.97 Å². The van der Waals surface area contributed by atoms with Crippen LogP contribution in [0.1, 0.15) is 42.5 Å². The summed E-state index contributed by atoms with van der Waals surface area (Å²) in [7, 11) is 2.03. The molecular weight excluding hydrogens is 340 g/mol. The third-order valence-electron chi connectivity index (χ3n) is 4.87. The second-order valence-electron chi connectivity index (χ2n) is 6.93. The molecule has 4 heterocycles. The van der Waals surface area contributed by atoms with Gasteiger partial charge in [0, 0.05) is 43.9 Å². The van der Waals surface area contributed by atoms with Crippen LogP contribution < -0.4 is 5.32 Å². The van der Waals surface area contributed by atoms with Gasteiger partial charge in [0.2, 0.25) is 5.95 Å². The fraction of sp³-hybridized carbons (Fsp3) is 0.421. The number of aromatic nitrogens is 6. The van der Waals surface area contributed by atoms with Gasteiger partial charge in [0.25, 0.3) is 0 Å². The molecule has 27 heavy (non-hydrogen) atoms. The minimum atomic E-state index is 0.200. The molecule has 0 aromatic carbocycles. The molecule has 1 aliphatic rings. The van der Waals surface area contributed by atoms with Crippen molar-refractivity contribution in [1.29, 1.82) is 0 Å². The summed E-state index contributed by atoms with van der Waals surface area (Å²) in [6.45, 7) is 3.89. The van der Waals surface area contributed by atoms with Crippen molar-refractivity contribution in [3.05, 3.63) is 54.3 Å². The monoisotopic (exact) mass is 364 g/mol. The first-order valence-corrected chi connectivity index (χ1v) is 9.28. The molecule has 1 N–H and O–H groups in total. The molecular formula is C19H24N8. The van der Waals surface area contributed by atoms with Crippen LogP contribution in [0.5, 0.6) is 0 Å². The van der Waals surface area contributed by atoms with E-state index < -0.39 is 0 Å². The first-order valence-electron chi connectivity index (χ1n) is 9.28. The van der Waals surface area contributed by atoms with E-state index >= 15 is 0 Å². The second-order valence-corrected chi connectivity index (χ2v) is 6.93. The lowest BCUT2D eigenvalue weighted by atomic mass is 10.0. The van der Waals surface area contributed by atoms with Crippen molar-refractivity contribution in [2.24, 2.45) is 7.05 Å². The van der Waals surface area contributed by atoms with Gasteiger partial charge in [-0.25, -0.2) is 24.9 Å². The minimum Gasteiger partial charge on any atom is -0.337 e. The summed E-state index contributed by atoms with van der Waals surface area (Å²) in [4.78, 5) is 24.7. The number of nitrogens with zero attached hydrogens (tertiary/aromatic N) is 7. The van der Waals surface area contributed by atoms with Crippen LogP contribution in [0.15, 0.2) is 37.1 Å². The van der Waals surface area contributed by atoms with Crippen molar-refractivity contribution < 1.29 is 0 Å². The normalized spacial score (nSPS) is 17.8. The van der Waals surface area contributed by atoms with Crippen molar-refractivity contribution in [3.63, 3.8) is 0 Å². The Morgan fingerprint density at radius 2 is 2.04 bits per heavy atom. The molecule has 0 spiro atoms. The van der Waals surface area contributed by atoms with Crippen molar-refractivity contribution in [1.82, 2.24) is 34.4 Å². The second kappa shape index (κ2) is 7.79. The molecule has 1 atom stereocenters. The minimum absolute atomic E-state index is 0.200. The Morgan fingerprint density at radius 3 is 2.81 bits per heavy atom. The Bertz CT molecular complexity index is 892. The van der Waals surface area contributed by atoms with Crippen LogP contribution in [0.2, 0.25) is 0 Å². The highest BCUT2D eigenvalue weighted by Crippen LogP contribution is 2.31. The molecule has 0 saturated carbocycles. The third-order valence-corrected chi connectivity index (χ3v) is 4.87. The molecule has 1 fully saturated rings. The Labute approximate surface area is 158 Å². The number of nitrogens with one attached hydrogen (secondary N) is 1. The van der Waals surface area contributed by atoms with Gasteiger partial charge in [-0.3, -0.25) is 4.90 Å². The molecule has 0 unspecified atom stereocenters. The van der Waals surface area contributed by atoms with E-state index in [-0.39, 0.29) is 6.04 Å². The van der Waals surface area contributed by atoms with Crippen molar-refractivity contribution in [2.75, 3.05) is 11.9 Å². The summed E-state index contributed by atoms with van der Waals surface area (Å²) in [5.74, 6) is 2.13. The van der Waals surface area contributed by atoms with Crippen LogP contribution in [-0.2, 0) is 13.6 Å². The first-order chi connectivity index (χ1) is 13.2. The highest BCUT2D eigenvalue weighted by atomic mass is 15.2. The highest BCUT2D eigenvalue weighted by Gasteiger charge is 2.27. The van der Waals surface area contributed by atoms with Gasteiger partial charge in [0.05, 0.1) is 18.1 Å². The molecule has 1 aliphatic heterocycles. The van der Waals surface area contributed by atoms with Gasteiger partial charge in [0.15, 0.2) is 0 Å². The zero-order chi connectivity index (χ0) is 18.6. The molecule has 1 saturated heterocycles. The van der Waals surface area contributed by atoms with E-state index in [0.717, 1.165) is 36.8 Å². The summed E-state index contributed by atoms with van der Waals surface area (Å²) in [6, 6.07) is 3.92. The molecule has 0 bridgehead atoms. The largest absolute Gasteiger partial charge is 0.337 e. The summed E-state index contributed by atoms with van der Waals surface area (Å²) in [5, 5.41) is 3.19. The van der Waals surface area contributed by atoms with E-state index in [9.17, 15) is 0 Å². The van der Waals surface area contributed by atoms with Crippen molar-refractivity contribution in [2.45, 2.75) is 38.8 Å². The maximum Gasteiger partial charge on any atom is 0.228 e. The molecule has 3 aromatic heterocycles. The number of aryl methyl sites for hydroxylation is 2. The van der Waals surface area contributed by atoms with E-state index in [1.54, 1.807) is 18.5 Å². The van der Waals surface area contributed by atoms with Crippen LogP contribution >= 0.6 is 0 Å². The summed E-state index contributed by atoms with van der Waals surface area (Å²) < 4.78 is 2.07. The molecule has 0 aliphatic carbocycles. The van der Waals surface area contributed by atoms with Gasteiger partial charge in [-0.15, -0.1) is 0 Å². The smallest absolute Gasteiger partial charge is 0.228 e. The van der Waals surface area contributed by atoms with Crippen molar-refractivity contribution >= 4 is 11.8 Å². The Kier molecular flexibility index (Phi) is 5.06. The lowest BCUT2D eigenvalue weighted by Crippen LogP contribution is -2.34. The summed E-state index contributed by atoms with van der Waals surface area (Å²) in [5.41, 5.74) is 2.13. The van der Waals surface area contributed by atoms with E-state index in [0.29, 0.717) is 5.95 Å². The van der Waals surface area contributed by atoms with Gasteiger partial charge in [0.1, 0.15) is 11.6 Å². The number of anilines is 2. The average Bonchev–Trinajstić information content (AvgIpc) is 3.07. The predicted molar refractivity (Wildman–Crippen MR) is 102 cm³/mol. The Balaban J connectivity index is 1.59. The van der Waals surface area contributed by atoms with Gasteiger partial charge < -0.3 is 9.88 Å². The number of piperidine rings is 1. The van der Waals surface area contributed by atoms with Crippen LogP contribution in [0, 0.1) is 6.92 Å². The topological polar surface area (TPSA) is 84.7 Å². The SMILES string of the molecule is Cc1cc(Nc2ncccn2)nc([C@H]2CCCCN2Cc2cncn2C)n1. The standard InChI is InChI=1S/C19H24N8/c1-14-10-17(25-19-21-7-5-8-22-19)24-18(23-14)16-6-3-4-9-27(16)12-15-11-20-13-26(15)2/h5,7-8,10-11,13,16H,3-4,6,9,12H2,1-2H3,(H,21,22,23,24,25)/t16-/m1/s1. The lowest BCUT2D eigenvalue weighted by molar-refractivity contribution is 0.131. The molecule has 4 rings (SSSR count). The van der Waals surface area contributed by atoms with Crippen LogP contribution in [0.3, 0.4) is 0 Å². The molecule has 8 heteroatoms. The lowest BCUT2D eigenvalue weighted by Gasteiger charge is -2.34. The van der Waals surface area contributed by atoms with Crippen LogP contribution in [0.4, 0.5) is 11.8 Å². The fourth-order valence-corrected chi connectivity index (χ4v) is 3.50. The van der Waals surface area contributed by atoms with E-state index in [2.05, 4.69) is 29.7 Å². The fourth-order valence-electron chi connectivity index (χ4n) is 3.50. The Morgan fingerprint density at radius 1 is 1.19 bits per heavy atom. The summed E-state index contributed by atoms with van der Waals surface area (Å²) >= 11 is 0. The number of hydrogen-bond donors (Lipinski definition) is 1. The van der Waals surface area contributed by atoms with Crippen LogP contribution in [0.25, 0.3) is 0 Å². The van der Waals surface area contributed by atoms with Gasteiger partial charge in [-0.1, -0.05) is 6.42 Å². The maximum atomic E-state index is 4.79. The van der Waals surface area contributed by atoms with E-state index in [1.807, 2.05) is 32.6 Å². The molecule has 0 radical (unpaired) electrons. The third kappa shape index (κ3) is 4.11. The molecule has 3 aromatic rings. The quantitative estimate of drug-likeness (QED) is 0.745. The first kappa shape index (κ1) is 17.5. The summed E-state index contributed by atoms with van der Waals surface area (Å²) in [6.07, 6.45) is 10.6. The predicted octanol–water partition coefficient (Wildman–Crippen LogP) is 2.78. The van der Waals surface area contributed by atoms with Gasteiger partial charge in [-0.05, 0) is 32.4 Å². The average molecular weight is 364 g/mol. The number of imidazole rings is 1. The highest BCUT2D eigenvalue weighted by molar-refractivity contribution is 5.47. The Hall–Kier alpha value is -2.87. The zero-order valence-electron chi connectivity index (χ0n) is 15.7. The van der Waals surface area contributed by atoms with Gasteiger partial charge in [-0.2, -0.15) is 0 Å².